The molecule has 0 saturated heterocycles. The summed E-state index contributed by atoms with van der Waals surface area (Å²) in [6.45, 7) is 2.17. The lowest BCUT2D eigenvalue weighted by molar-refractivity contribution is 0.0593. The Morgan fingerprint density at radius 3 is 2.81 bits per heavy atom. The lowest BCUT2D eigenvalue weighted by Crippen LogP contribution is -2.33. The third-order valence-corrected chi connectivity index (χ3v) is 3.80. The second-order valence-corrected chi connectivity index (χ2v) is 5.14. The smallest absolute Gasteiger partial charge is 0.358 e. The van der Waals surface area contributed by atoms with Crippen LogP contribution in [0.3, 0.4) is 0 Å². The Balaban J connectivity index is 1.98. The first-order valence-electron chi connectivity index (χ1n) is 6.98. The number of benzene rings is 1. The normalized spacial score (nSPS) is 17.2. The van der Waals surface area contributed by atoms with E-state index in [0.717, 1.165) is 24.3 Å². The van der Waals surface area contributed by atoms with Crippen LogP contribution < -0.4 is 4.90 Å². The van der Waals surface area contributed by atoms with Gasteiger partial charge in [0.25, 0.3) is 0 Å². The molecule has 3 rings (SSSR count). The third kappa shape index (κ3) is 2.46. The summed E-state index contributed by atoms with van der Waals surface area (Å²) in [7, 11) is 1.33. The van der Waals surface area contributed by atoms with Gasteiger partial charge in [-0.1, -0.05) is 18.2 Å². The molecule has 0 bridgehead atoms. The molecule has 0 radical (unpaired) electrons. The van der Waals surface area contributed by atoms with Gasteiger partial charge < -0.3 is 9.64 Å². The zero-order valence-corrected chi connectivity index (χ0v) is 12.1. The van der Waals surface area contributed by atoms with E-state index < -0.39 is 5.97 Å². The van der Waals surface area contributed by atoms with Gasteiger partial charge in [0, 0.05) is 11.7 Å². The minimum Gasteiger partial charge on any atom is -0.464 e. The van der Waals surface area contributed by atoms with Crippen molar-refractivity contribution in [3.63, 3.8) is 0 Å². The molecule has 0 N–H and O–H groups in total. The molecule has 1 aliphatic heterocycles. The van der Waals surface area contributed by atoms with Crippen LogP contribution in [-0.4, -0.2) is 29.1 Å². The maximum absolute atomic E-state index is 11.4. The fourth-order valence-corrected chi connectivity index (χ4v) is 2.69. The van der Waals surface area contributed by atoms with Crippen molar-refractivity contribution in [3.8, 4) is 0 Å². The van der Waals surface area contributed by atoms with Gasteiger partial charge in [-0.15, -0.1) is 0 Å². The van der Waals surface area contributed by atoms with Crippen molar-refractivity contribution in [1.29, 1.82) is 0 Å². The Morgan fingerprint density at radius 2 is 2.10 bits per heavy atom. The molecule has 0 spiro atoms. The van der Waals surface area contributed by atoms with E-state index in [1.807, 2.05) is 6.07 Å². The largest absolute Gasteiger partial charge is 0.464 e. The zero-order chi connectivity index (χ0) is 14.8. The molecule has 1 aromatic heterocycles. The number of fused-ring (bicyclic) bond motifs is 1. The number of hydrogen-bond donors (Lipinski definition) is 0. The first-order valence-corrected chi connectivity index (χ1v) is 6.98. The van der Waals surface area contributed by atoms with Crippen molar-refractivity contribution < 1.29 is 9.53 Å². The summed E-state index contributed by atoms with van der Waals surface area (Å²) in [5.74, 6) is 0.281. The van der Waals surface area contributed by atoms with Crippen LogP contribution in [0, 0.1) is 0 Å². The van der Waals surface area contributed by atoms with Crippen molar-refractivity contribution in [2.45, 2.75) is 25.8 Å². The molecule has 21 heavy (non-hydrogen) atoms. The van der Waals surface area contributed by atoms with Gasteiger partial charge in [0.15, 0.2) is 11.5 Å². The summed E-state index contributed by atoms with van der Waals surface area (Å²) < 4.78 is 4.64. The number of hydrogen-bond acceptors (Lipinski definition) is 5. The highest BCUT2D eigenvalue weighted by Gasteiger charge is 2.25. The fraction of sp³-hybridized carbons (Fsp3) is 0.312. The van der Waals surface area contributed by atoms with E-state index in [-0.39, 0.29) is 5.69 Å². The van der Waals surface area contributed by atoms with Gasteiger partial charge in [0.1, 0.15) is 0 Å². The van der Waals surface area contributed by atoms with Gasteiger partial charge in [-0.25, -0.2) is 14.8 Å². The van der Waals surface area contributed by atoms with Crippen molar-refractivity contribution in [1.82, 2.24) is 9.97 Å². The van der Waals surface area contributed by atoms with Gasteiger partial charge in [0.05, 0.1) is 19.5 Å². The molecule has 0 saturated carbocycles. The van der Waals surface area contributed by atoms with Crippen molar-refractivity contribution in [2.24, 2.45) is 0 Å². The number of nitrogens with zero attached hydrogens (tertiary/aromatic N) is 3. The maximum atomic E-state index is 11.4. The predicted octanol–water partition coefficient (Wildman–Crippen LogP) is 2.74. The van der Waals surface area contributed by atoms with Gasteiger partial charge in [-0.05, 0) is 31.4 Å². The van der Waals surface area contributed by atoms with Crippen LogP contribution in [0.5, 0.6) is 0 Å². The highest BCUT2D eigenvalue weighted by molar-refractivity contribution is 5.86. The number of para-hydroxylation sites is 1. The Morgan fingerprint density at radius 1 is 1.29 bits per heavy atom. The number of methoxy groups -OCH3 is 1. The molecule has 1 aromatic carbocycles. The van der Waals surface area contributed by atoms with E-state index in [2.05, 4.69) is 44.7 Å². The van der Waals surface area contributed by atoms with E-state index in [1.165, 1.54) is 18.9 Å². The fourth-order valence-electron chi connectivity index (χ4n) is 2.69. The molecule has 0 fully saturated rings. The zero-order valence-electron chi connectivity index (χ0n) is 12.1. The minimum absolute atomic E-state index is 0.221. The number of ether oxygens (including phenoxy) is 1. The highest BCUT2D eigenvalue weighted by Crippen LogP contribution is 2.35. The van der Waals surface area contributed by atoms with Crippen LogP contribution in [0.15, 0.2) is 36.7 Å². The summed E-state index contributed by atoms with van der Waals surface area (Å²) >= 11 is 0. The molecule has 5 heteroatoms. The van der Waals surface area contributed by atoms with Crippen LogP contribution >= 0.6 is 0 Å². The molecule has 1 aliphatic rings. The van der Waals surface area contributed by atoms with Crippen LogP contribution in [-0.2, 0) is 11.2 Å². The Hall–Kier alpha value is -2.43. The third-order valence-electron chi connectivity index (χ3n) is 3.80. The first kappa shape index (κ1) is 13.5. The number of esters is 1. The van der Waals surface area contributed by atoms with Crippen molar-refractivity contribution >= 4 is 17.5 Å². The number of aromatic nitrogens is 2. The number of carbonyl (C=O) groups excluding carboxylic acids is 1. The molecule has 108 valence electrons. The van der Waals surface area contributed by atoms with E-state index in [1.54, 1.807) is 6.20 Å². The first-order chi connectivity index (χ1) is 10.2. The van der Waals surface area contributed by atoms with Gasteiger partial charge in [-0.2, -0.15) is 0 Å². The second kappa shape index (κ2) is 5.52. The molecule has 0 aliphatic carbocycles. The minimum atomic E-state index is -0.471. The van der Waals surface area contributed by atoms with Crippen molar-refractivity contribution in [3.05, 3.63) is 47.9 Å². The van der Waals surface area contributed by atoms with E-state index in [9.17, 15) is 4.79 Å². The van der Waals surface area contributed by atoms with Crippen LogP contribution in [0.25, 0.3) is 0 Å². The Bertz CT molecular complexity index is 655. The molecule has 1 unspecified atom stereocenters. The summed E-state index contributed by atoms with van der Waals surface area (Å²) in [6, 6.07) is 8.67. The number of aryl methyl sites for hydroxylation is 1. The molecule has 0 amide bonds. The quantitative estimate of drug-likeness (QED) is 0.793. The number of carbonyl (C=O) groups is 1. The molecule has 1 atom stereocenters. The summed E-state index contributed by atoms with van der Waals surface area (Å²) in [4.78, 5) is 22.1. The number of rotatable bonds is 2. The van der Waals surface area contributed by atoms with Crippen LogP contribution in [0.4, 0.5) is 11.5 Å². The molecular weight excluding hydrogens is 266 g/mol. The van der Waals surface area contributed by atoms with Gasteiger partial charge >= 0.3 is 5.97 Å². The molecule has 5 nitrogen and oxygen atoms in total. The molecular formula is C16H17N3O2. The van der Waals surface area contributed by atoms with E-state index >= 15 is 0 Å². The second-order valence-electron chi connectivity index (χ2n) is 5.14. The monoisotopic (exact) mass is 283 g/mol. The van der Waals surface area contributed by atoms with E-state index in [0.29, 0.717) is 6.04 Å². The Kier molecular flexibility index (Phi) is 3.56. The van der Waals surface area contributed by atoms with Gasteiger partial charge in [0.2, 0.25) is 0 Å². The summed E-state index contributed by atoms with van der Waals surface area (Å²) in [6.07, 6.45) is 5.23. The van der Waals surface area contributed by atoms with Crippen molar-refractivity contribution in [2.75, 3.05) is 12.0 Å². The lowest BCUT2D eigenvalue weighted by Gasteiger charge is -2.35. The van der Waals surface area contributed by atoms with Crippen LogP contribution in [0.1, 0.15) is 29.4 Å². The maximum Gasteiger partial charge on any atom is 0.358 e. The van der Waals surface area contributed by atoms with Crippen LogP contribution in [0.2, 0.25) is 0 Å². The highest BCUT2D eigenvalue weighted by atomic mass is 16.5. The van der Waals surface area contributed by atoms with Gasteiger partial charge in [-0.3, -0.25) is 0 Å². The standard InChI is InChI=1S/C16H17N3O2/c1-11-7-8-12-5-3-4-6-14(12)19(11)15-10-17-13(9-18-15)16(20)21-2/h3-6,9-11H,7-8H2,1-2H3. The average molecular weight is 283 g/mol. The summed E-state index contributed by atoms with van der Waals surface area (Å²) in [5.41, 5.74) is 2.70. The van der Waals surface area contributed by atoms with E-state index in [4.69, 9.17) is 0 Å². The average Bonchev–Trinajstić information content (AvgIpc) is 2.54. The lowest BCUT2D eigenvalue weighted by atomic mass is 9.97. The molecule has 2 aromatic rings. The Labute approximate surface area is 123 Å². The SMILES string of the molecule is COC(=O)c1cnc(N2c3ccccc3CCC2C)cn1. The molecule has 2 heterocycles. The predicted molar refractivity (Wildman–Crippen MR) is 79.7 cm³/mol. The summed E-state index contributed by atoms with van der Waals surface area (Å²) in [5, 5.41) is 0. The number of anilines is 2. The topological polar surface area (TPSA) is 55.3 Å².